The molecule has 0 bridgehead atoms. The highest BCUT2D eigenvalue weighted by molar-refractivity contribution is 5.96. The van der Waals surface area contributed by atoms with Crippen molar-refractivity contribution in [2.75, 3.05) is 17.7 Å². The number of nitrogen functional groups attached to an aromatic ring is 1. The van der Waals surface area contributed by atoms with E-state index in [9.17, 15) is 14.0 Å². The molecule has 0 unspecified atom stereocenters. The van der Waals surface area contributed by atoms with Crippen molar-refractivity contribution < 1.29 is 14.0 Å². The number of aromatic nitrogens is 2. The molecule has 0 radical (unpaired) electrons. The number of carbonyl (C=O) groups is 2. The van der Waals surface area contributed by atoms with E-state index in [-0.39, 0.29) is 23.8 Å². The van der Waals surface area contributed by atoms with Gasteiger partial charge in [0.15, 0.2) is 5.78 Å². The molecule has 31 heavy (non-hydrogen) atoms. The normalized spacial score (nSPS) is 10.7. The van der Waals surface area contributed by atoms with Gasteiger partial charge in [-0.05, 0) is 48.7 Å². The Labute approximate surface area is 180 Å². The molecule has 1 amide bonds. The van der Waals surface area contributed by atoms with Crippen LogP contribution in [0.4, 0.5) is 15.9 Å². The SMILES string of the molecule is CCC(=O)N(C)c1ccc(-c2ccc(C(=O)CCc3cccnc3N)cn2)c(C)c1F. The topological polar surface area (TPSA) is 89.2 Å². The van der Waals surface area contributed by atoms with E-state index in [1.807, 2.05) is 6.07 Å². The maximum absolute atomic E-state index is 14.9. The molecular formula is C24H25FN4O2. The number of pyridine rings is 2. The molecule has 0 atom stereocenters. The number of hydrogen-bond donors (Lipinski definition) is 1. The van der Waals surface area contributed by atoms with Crippen molar-refractivity contribution in [3.05, 3.63) is 71.3 Å². The molecule has 160 valence electrons. The zero-order valence-corrected chi connectivity index (χ0v) is 17.9. The van der Waals surface area contributed by atoms with Crippen LogP contribution in [0.15, 0.2) is 48.8 Å². The fourth-order valence-corrected chi connectivity index (χ4v) is 3.35. The van der Waals surface area contributed by atoms with E-state index in [0.29, 0.717) is 41.0 Å². The second-order valence-corrected chi connectivity index (χ2v) is 7.28. The predicted molar refractivity (Wildman–Crippen MR) is 119 cm³/mol. The van der Waals surface area contributed by atoms with E-state index >= 15 is 0 Å². The van der Waals surface area contributed by atoms with Gasteiger partial charge in [0, 0.05) is 43.4 Å². The summed E-state index contributed by atoms with van der Waals surface area (Å²) < 4.78 is 14.9. The van der Waals surface area contributed by atoms with Gasteiger partial charge in [0.2, 0.25) is 5.91 Å². The molecule has 1 aromatic carbocycles. The van der Waals surface area contributed by atoms with Gasteiger partial charge in [0.05, 0.1) is 11.4 Å². The fourth-order valence-electron chi connectivity index (χ4n) is 3.35. The lowest BCUT2D eigenvalue weighted by atomic mass is 10.0. The monoisotopic (exact) mass is 420 g/mol. The Bertz CT molecular complexity index is 1110. The van der Waals surface area contributed by atoms with Crippen LogP contribution in [0.3, 0.4) is 0 Å². The third-order valence-corrected chi connectivity index (χ3v) is 5.31. The number of anilines is 2. The molecule has 0 saturated heterocycles. The van der Waals surface area contributed by atoms with E-state index in [0.717, 1.165) is 5.56 Å². The summed E-state index contributed by atoms with van der Waals surface area (Å²) in [6.07, 6.45) is 4.19. The Kier molecular flexibility index (Phi) is 6.74. The van der Waals surface area contributed by atoms with Crippen molar-refractivity contribution in [1.82, 2.24) is 9.97 Å². The van der Waals surface area contributed by atoms with Crippen LogP contribution < -0.4 is 10.6 Å². The minimum absolute atomic E-state index is 0.0553. The summed E-state index contributed by atoms with van der Waals surface area (Å²) in [7, 11) is 1.56. The van der Waals surface area contributed by atoms with E-state index in [4.69, 9.17) is 5.73 Å². The maximum atomic E-state index is 14.9. The van der Waals surface area contributed by atoms with Gasteiger partial charge in [-0.3, -0.25) is 14.6 Å². The third-order valence-electron chi connectivity index (χ3n) is 5.31. The zero-order chi connectivity index (χ0) is 22.5. The lowest BCUT2D eigenvalue weighted by Crippen LogP contribution is -2.26. The van der Waals surface area contributed by atoms with Crippen LogP contribution in [0.5, 0.6) is 0 Å². The zero-order valence-electron chi connectivity index (χ0n) is 17.9. The smallest absolute Gasteiger partial charge is 0.226 e. The Morgan fingerprint density at radius 3 is 2.55 bits per heavy atom. The number of aryl methyl sites for hydroxylation is 1. The van der Waals surface area contributed by atoms with Crippen molar-refractivity contribution >= 4 is 23.2 Å². The molecule has 0 aliphatic heterocycles. The van der Waals surface area contributed by atoms with Gasteiger partial charge in [0.25, 0.3) is 0 Å². The first-order valence-corrected chi connectivity index (χ1v) is 10.1. The summed E-state index contributed by atoms with van der Waals surface area (Å²) in [6.45, 7) is 3.38. The lowest BCUT2D eigenvalue weighted by molar-refractivity contribution is -0.118. The van der Waals surface area contributed by atoms with E-state index in [2.05, 4.69) is 9.97 Å². The van der Waals surface area contributed by atoms with Crippen molar-refractivity contribution in [1.29, 1.82) is 0 Å². The molecule has 0 fully saturated rings. The van der Waals surface area contributed by atoms with E-state index < -0.39 is 5.82 Å². The molecule has 7 heteroatoms. The number of hydrogen-bond acceptors (Lipinski definition) is 5. The van der Waals surface area contributed by atoms with Gasteiger partial charge < -0.3 is 10.6 Å². The van der Waals surface area contributed by atoms with Gasteiger partial charge >= 0.3 is 0 Å². The van der Waals surface area contributed by atoms with Crippen LogP contribution in [-0.4, -0.2) is 28.7 Å². The molecule has 2 N–H and O–H groups in total. The summed E-state index contributed by atoms with van der Waals surface area (Å²) in [4.78, 5) is 34.1. The lowest BCUT2D eigenvalue weighted by Gasteiger charge is -2.19. The van der Waals surface area contributed by atoms with Gasteiger partial charge in [-0.25, -0.2) is 9.37 Å². The number of Topliss-reactive ketones (excluding diaryl/α,β-unsaturated/α-hetero) is 1. The van der Waals surface area contributed by atoms with Gasteiger partial charge in [-0.2, -0.15) is 0 Å². The molecule has 2 aromatic heterocycles. The fraction of sp³-hybridized carbons (Fsp3) is 0.250. The minimum atomic E-state index is -0.460. The van der Waals surface area contributed by atoms with Crippen molar-refractivity contribution in [2.24, 2.45) is 0 Å². The predicted octanol–water partition coefficient (Wildman–Crippen LogP) is 4.36. The molecule has 2 heterocycles. The molecule has 0 aliphatic carbocycles. The highest BCUT2D eigenvalue weighted by Gasteiger charge is 2.18. The Balaban J connectivity index is 1.76. The number of rotatable bonds is 7. The molecular weight excluding hydrogens is 395 g/mol. The standard InChI is InChI=1S/C24H25FN4O2/c1-4-22(31)29(3)20-11-9-18(15(2)23(20)25)19-10-7-17(14-28-19)21(30)12-8-16-6-5-13-27-24(16)26/h5-7,9-11,13-14H,4,8,12H2,1-3H3,(H2,26,27). The highest BCUT2D eigenvalue weighted by atomic mass is 19.1. The second-order valence-electron chi connectivity index (χ2n) is 7.28. The van der Waals surface area contributed by atoms with Gasteiger partial charge in [-0.15, -0.1) is 0 Å². The Morgan fingerprint density at radius 1 is 1.13 bits per heavy atom. The number of carbonyl (C=O) groups excluding carboxylic acids is 2. The summed E-state index contributed by atoms with van der Waals surface area (Å²) in [5.41, 5.74) is 8.93. The molecule has 0 saturated carbocycles. The average molecular weight is 420 g/mol. The highest BCUT2D eigenvalue weighted by Crippen LogP contribution is 2.30. The van der Waals surface area contributed by atoms with E-state index in [1.54, 1.807) is 57.4 Å². The van der Waals surface area contributed by atoms with Crippen LogP contribution in [0.25, 0.3) is 11.3 Å². The van der Waals surface area contributed by atoms with Crippen LogP contribution in [0.1, 0.15) is 41.3 Å². The first-order chi connectivity index (χ1) is 14.8. The number of nitrogens with zero attached hydrogens (tertiary/aromatic N) is 3. The molecule has 3 rings (SSSR count). The number of halogens is 1. The second kappa shape index (κ2) is 9.47. The van der Waals surface area contributed by atoms with Gasteiger partial charge in [0.1, 0.15) is 11.6 Å². The van der Waals surface area contributed by atoms with Crippen molar-refractivity contribution in [3.8, 4) is 11.3 Å². The van der Waals surface area contributed by atoms with Crippen LogP contribution in [-0.2, 0) is 11.2 Å². The van der Waals surface area contributed by atoms with Gasteiger partial charge in [-0.1, -0.05) is 19.1 Å². The number of ketones is 1. The number of amides is 1. The van der Waals surface area contributed by atoms with Crippen LogP contribution in [0.2, 0.25) is 0 Å². The van der Waals surface area contributed by atoms with E-state index in [1.165, 1.54) is 11.1 Å². The third kappa shape index (κ3) is 4.77. The minimum Gasteiger partial charge on any atom is -0.383 e. The summed E-state index contributed by atoms with van der Waals surface area (Å²) in [5, 5.41) is 0. The first-order valence-electron chi connectivity index (χ1n) is 10.1. The van der Waals surface area contributed by atoms with Crippen LogP contribution in [0, 0.1) is 12.7 Å². The quantitative estimate of drug-likeness (QED) is 0.574. The molecule has 6 nitrogen and oxygen atoms in total. The number of nitrogens with two attached hydrogens (primary N) is 1. The van der Waals surface area contributed by atoms with Crippen molar-refractivity contribution in [3.63, 3.8) is 0 Å². The number of benzene rings is 1. The average Bonchev–Trinajstić information content (AvgIpc) is 2.79. The Morgan fingerprint density at radius 2 is 1.90 bits per heavy atom. The maximum Gasteiger partial charge on any atom is 0.226 e. The largest absolute Gasteiger partial charge is 0.383 e. The summed E-state index contributed by atoms with van der Waals surface area (Å²) in [5.74, 6) is -0.255. The summed E-state index contributed by atoms with van der Waals surface area (Å²) >= 11 is 0. The molecule has 0 aliphatic rings. The van der Waals surface area contributed by atoms with Crippen molar-refractivity contribution in [2.45, 2.75) is 33.1 Å². The van der Waals surface area contributed by atoms with Crippen LogP contribution >= 0.6 is 0 Å². The summed E-state index contributed by atoms with van der Waals surface area (Å²) in [6, 6.07) is 10.3. The molecule has 0 spiro atoms. The Hall–Kier alpha value is -3.61. The first kappa shape index (κ1) is 22.1. The molecule has 3 aromatic rings.